The van der Waals surface area contributed by atoms with Gasteiger partial charge in [0.2, 0.25) is 5.82 Å². The van der Waals surface area contributed by atoms with E-state index >= 15 is 0 Å². The maximum atomic E-state index is 13.3. The minimum atomic E-state index is -4.64. The summed E-state index contributed by atoms with van der Waals surface area (Å²) in [6.07, 6.45) is 0.550. The number of nitrogens with one attached hydrogen (secondary N) is 2. The number of carbonyl (C=O) groups excluding carboxylic acids is 1. The van der Waals surface area contributed by atoms with Crippen LogP contribution in [0.1, 0.15) is 53.5 Å². The van der Waals surface area contributed by atoms with Crippen LogP contribution < -0.4 is 10.6 Å². The fraction of sp³-hybridized carbons (Fsp3) is 0.400. The van der Waals surface area contributed by atoms with Crippen LogP contribution in [0.4, 0.5) is 19.0 Å². The molecule has 0 spiro atoms. The van der Waals surface area contributed by atoms with Crippen molar-refractivity contribution in [1.29, 1.82) is 0 Å². The fourth-order valence-corrected chi connectivity index (χ4v) is 4.68. The number of pyridine rings is 1. The van der Waals surface area contributed by atoms with Crippen molar-refractivity contribution in [3.05, 3.63) is 58.6 Å². The number of nitrogens with zero attached hydrogens (tertiary/aromatic N) is 4. The third kappa shape index (κ3) is 6.67. The Balaban J connectivity index is 1.54. The summed E-state index contributed by atoms with van der Waals surface area (Å²) >= 11 is 6.39. The van der Waals surface area contributed by atoms with Crippen molar-refractivity contribution >= 4 is 40.2 Å². The highest BCUT2D eigenvalue weighted by atomic mass is 35.5. The maximum Gasteiger partial charge on any atom is 0.451 e. The zero-order chi connectivity index (χ0) is 27.3. The Bertz CT molecular complexity index is 1300. The number of aromatic nitrogens is 3. The first-order valence-electron chi connectivity index (χ1n) is 12.1. The second kappa shape index (κ2) is 11.9. The number of hydrogen-bond donors (Lipinski definition) is 3. The molecule has 0 saturated carbocycles. The summed E-state index contributed by atoms with van der Waals surface area (Å²) < 4.78 is 38.9. The third-order valence-electron chi connectivity index (χ3n) is 6.29. The second-order valence-electron chi connectivity index (χ2n) is 8.92. The molecule has 3 heterocycles. The number of carbonyl (C=O) groups is 2. The molecular formula is C25H26ClF3N6O3. The molecule has 0 aliphatic carbocycles. The van der Waals surface area contributed by atoms with Gasteiger partial charge in [0.25, 0.3) is 5.91 Å². The van der Waals surface area contributed by atoms with Crippen LogP contribution in [0.5, 0.6) is 0 Å². The van der Waals surface area contributed by atoms with Gasteiger partial charge >= 0.3 is 12.1 Å². The first-order chi connectivity index (χ1) is 18.1. The number of amides is 1. The number of benzene rings is 1. The minimum Gasteiger partial charge on any atom is -0.481 e. The molecule has 3 N–H and O–H groups in total. The molecule has 2 aromatic heterocycles. The van der Waals surface area contributed by atoms with E-state index in [0.29, 0.717) is 22.3 Å². The van der Waals surface area contributed by atoms with Gasteiger partial charge in [-0.15, -0.1) is 0 Å². The molecule has 1 aromatic carbocycles. The third-order valence-corrected chi connectivity index (χ3v) is 6.60. The highest BCUT2D eigenvalue weighted by Gasteiger charge is 2.35. The topological polar surface area (TPSA) is 120 Å². The number of hydrogen-bond acceptors (Lipinski definition) is 7. The van der Waals surface area contributed by atoms with Crippen LogP contribution >= 0.6 is 11.6 Å². The summed E-state index contributed by atoms with van der Waals surface area (Å²) in [4.78, 5) is 37.6. The average molecular weight is 551 g/mol. The van der Waals surface area contributed by atoms with E-state index in [4.69, 9.17) is 16.7 Å². The van der Waals surface area contributed by atoms with Gasteiger partial charge < -0.3 is 15.7 Å². The van der Waals surface area contributed by atoms with Gasteiger partial charge in [-0.3, -0.25) is 14.5 Å². The molecule has 0 bridgehead atoms. The standard InChI is InChI=1S/C25H26ClF3N6O3/c26-17-5-6-18-16(4-7-20(34-18)30-9-8-21(36)37)22(17)23(38)31-14-19(35-10-2-1-3-11-35)15-12-32-24(33-13-15)25(27,28)29/h4-7,12-13,19H,1-3,8-11,14H2,(H,30,34)(H,31,38)(H,36,37). The van der Waals surface area contributed by atoms with Gasteiger partial charge in [-0.2, -0.15) is 13.2 Å². The van der Waals surface area contributed by atoms with Crippen LogP contribution in [0, 0.1) is 0 Å². The lowest BCUT2D eigenvalue weighted by Crippen LogP contribution is -2.41. The van der Waals surface area contributed by atoms with E-state index in [1.807, 2.05) is 0 Å². The van der Waals surface area contributed by atoms with E-state index in [1.165, 1.54) is 0 Å². The Morgan fingerprint density at radius 2 is 1.79 bits per heavy atom. The second-order valence-corrected chi connectivity index (χ2v) is 9.32. The number of carboxylic acid groups (broad SMARTS) is 1. The average Bonchev–Trinajstić information content (AvgIpc) is 2.89. The van der Waals surface area contributed by atoms with Crippen molar-refractivity contribution < 1.29 is 27.9 Å². The summed E-state index contributed by atoms with van der Waals surface area (Å²) in [6, 6.07) is 6.11. The summed E-state index contributed by atoms with van der Waals surface area (Å²) in [6.45, 7) is 1.78. The molecule has 1 aliphatic heterocycles. The Kier molecular flexibility index (Phi) is 8.62. The van der Waals surface area contributed by atoms with E-state index in [9.17, 15) is 22.8 Å². The highest BCUT2D eigenvalue weighted by Crippen LogP contribution is 2.29. The molecule has 1 saturated heterocycles. The quantitative estimate of drug-likeness (QED) is 0.355. The molecule has 4 rings (SSSR count). The molecule has 1 aliphatic rings. The number of aliphatic carboxylic acids is 1. The lowest BCUT2D eigenvalue weighted by molar-refractivity contribution is -0.145. The number of alkyl halides is 3. The Morgan fingerprint density at radius 1 is 1.08 bits per heavy atom. The van der Waals surface area contributed by atoms with Crippen molar-refractivity contribution in [1.82, 2.24) is 25.2 Å². The number of anilines is 1. The molecule has 38 heavy (non-hydrogen) atoms. The first-order valence-corrected chi connectivity index (χ1v) is 12.5. The maximum absolute atomic E-state index is 13.3. The number of likely N-dealkylation sites (tertiary alicyclic amines) is 1. The normalized spacial score (nSPS) is 15.3. The van der Waals surface area contributed by atoms with Crippen LogP contribution in [-0.2, 0) is 11.0 Å². The van der Waals surface area contributed by atoms with Gasteiger partial charge in [-0.05, 0) is 50.2 Å². The van der Waals surface area contributed by atoms with Crippen LogP contribution in [-0.4, -0.2) is 63.0 Å². The first kappa shape index (κ1) is 27.5. The molecular weight excluding hydrogens is 525 g/mol. The number of rotatable bonds is 9. The van der Waals surface area contributed by atoms with Gasteiger partial charge in [-0.25, -0.2) is 15.0 Å². The van der Waals surface area contributed by atoms with Gasteiger partial charge in [0.05, 0.1) is 28.6 Å². The Morgan fingerprint density at radius 3 is 2.45 bits per heavy atom. The molecule has 1 amide bonds. The van der Waals surface area contributed by atoms with Gasteiger partial charge in [0.15, 0.2) is 0 Å². The van der Waals surface area contributed by atoms with Crippen LogP contribution in [0.25, 0.3) is 10.9 Å². The molecule has 1 fully saturated rings. The summed E-state index contributed by atoms with van der Waals surface area (Å²) in [7, 11) is 0. The Labute approximate surface area is 221 Å². The van der Waals surface area contributed by atoms with Crippen LogP contribution in [0.2, 0.25) is 5.02 Å². The van der Waals surface area contributed by atoms with Gasteiger partial charge in [0.1, 0.15) is 5.82 Å². The molecule has 202 valence electrons. The SMILES string of the molecule is O=C(O)CCNc1ccc2c(C(=O)NCC(c3cnc(C(F)(F)F)nc3)N3CCCCC3)c(Cl)ccc2n1. The highest BCUT2D eigenvalue weighted by molar-refractivity contribution is 6.35. The van der Waals surface area contributed by atoms with Crippen LogP contribution in [0.3, 0.4) is 0 Å². The summed E-state index contributed by atoms with van der Waals surface area (Å²) in [5.74, 6) is -2.15. The number of fused-ring (bicyclic) bond motifs is 1. The Hall–Kier alpha value is -3.51. The van der Waals surface area contributed by atoms with E-state index in [1.54, 1.807) is 24.3 Å². The number of halogens is 4. The summed E-state index contributed by atoms with van der Waals surface area (Å²) in [5.41, 5.74) is 1.18. The summed E-state index contributed by atoms with van der Waals surface area (Å²) in [5, 5.41) is 15.3. The van der Waals surface area contributed by atoms with Crippen molar-refractivity contribution in [2.75, 3.05) is 31.5 Å². The van der Waals surface area contributed by atoms with E-state index in [0.717, 1.165) is 44.7 Å². The van der Waals surface area contributed by atoms with Crippen LogP contribution in [0.15, 0.2) is 36.7 Å². The van der Waals surface area contributed by atoms with E-state index in [2.05, 4.69) is 30.5 Å². The molecule has 1 atom stereocenters. The van der Waals surface area contributed by atoms with Gasteiger partial charge in [-0.1, -0.05) is 18.0 Å². The number of piperidine rings is 1. The molecule has 9 nitrogen and oxygen atoms in total. The lowest BCUT2D eigenvalue weighted by atomic mass is 10.0. The van der Waals surface area contributed by atoms with Gasteiger partial charge in [0, 0.05) is 36.4 Å². The zero-order valence-electron chi connectivity index (χ0n) is 20.3. The fourth-order valence-electron chi connectivity index (χ4n) is 4.43. The predicted octanol–water partition coefficient (Wildman–Crippen LogP) is 4.54. The lowest BCUT2D eigenvalue weighted by Gasteiger charge is -2.34. The molecule has 13 heteroatoms. The molecule has 3 aromatic rings. The van der Waals surface area contributed by atoms with E-state index < -0.39 is 29.9 Å². The molecule has 1 unspecified atom stereocenters. The molecule has 0 radical (unpaired) electrons. The van der Waals surface area contributed by atoms with Crippen molar-refractivity contribution in [2.24, 2.45) is 0 Å². The van der Waals surface area contributed by atoms with Crippen molar-refractivity contribution in [2.45, 2.75) is 37.9 Å². The smallest absolute Gasteiger partial charge is 0.451 e. The van der Waals surface area contributed by atoms with Crippen molar-refractivity contribution in [3.8, 4) is 0 Å². The van der Waals surface area contributed by atoms with Crippen molar-refractivity contribution in [3.63, 3.8) is 0 Å². The number of carboxylic acids is 1. The zero-order valence-corrected chi connectivity index (χ0v) is 21.0. The largest absolute Gasteiger partial charge is 0.481 e. The van der Waals surface area contributed by atoms with E-state index in [-0.39, 0.29) is 30.1 Å². The monoisotopic (exact) mass is 550 g/mol. The predicted molar refractivity (Wildman–Crippen MR) is 135 cm³/mol. The minimum absolute atomic E-state index is 0.0733.